The van der Waals surface area contributed by atoms with Gasteiger partial charge in [-0.05, 0) is 43.0 Å². The molecule has 1 heterocycles. The van der Waals surface area contributed by atoms with E-state index in [1.807, 2.05) is 6.07 Å². The standard InChI is InChI=1S/C16H16BrFN2O/c17-11-4-6-13(18)10(8-11)9-20-15-3-1-2-14(19)12(15)5-7-16(20)21/h4-8,14H,1-3,9,19H2. The molecule has 1 aromatic heterocycles. The maximum absolute atomic E-state index is 13.9. The summed E-state index contributed by atoms with van der Waals surface area (Å²) in [6, 6.07) is 8.08. The topological polar surface area (TPSA) is 48.0 Å². The average molecular weight is 351 g/mol. The lowest BCUT2D eigenvalue weighted by Gasteiger charge is -2.25. The van der Waals surface area contributed by atoms with Gasteiger partial charge in [0.15, 0.2) is 0 Å². The zero-order valence-electron chi connectivity index (χ0n) is 11.5. The fraction of sp³-hybridized carbons (Fsp3) is 0.312. The zero-order chi connectivity index (χ0) is 15.0. The van der Waals surface area contributed by atoms with E-state index in [1.165, 1.54) is 12.1 Å². The van der Waals surface area contributed by atoms with Crippen molar-refractivity contribution in [3.8, 4) is 0 Å². The summed E-state index contributed by atoms with van der Waals surface area (Å²) in [7, 11) is 0. The first kappa shape index (κ1) is 14.5. The van der Waals surface area contributed by atoms with E-state index in [4.69, 9.17) is 5.73 Å². The molecular formula is C16H16BrFN2O. The number of nitrogens with two attached hydrogens (primary N) is 1. The molecule has 2 N–H and O–H groups in total. The number of aromatic nitrogens is 1. The molecule has 0 fully saturated rings. The Hall–Kier alpha value is -1.46. The third-order valence-electron chi connectivity index (χ3n) is 3.99. The van der Waals surface area contributed by atoms with Gasteiger partial charge in [0.2, 0.25) is 0 Å². The lowest BCUT2D eigenvalue weighted by atomic mass is 9.91. The average Bonchev–Trinajstić information content (AvgIpc) is 2.46. The highest BCUT2D eigenvalue weighted by atomic mass is 79.9. The number of nitrogens with zero attached hydrogens (tertiary/aromatic N) is 1. The summed E-state index contributed by atoms with van der Waals surface area (Å²) in [4.78, 5) is 12.2. The van der Waals surface area contributed by atoms with E-state index >= 15 is 0 Å². The van der Waals surface area contributed by atoms with Gasteiger partial charge < -0.3 is 10.3 Å². The minimum absolute atomic E-state index is 0.0343. The first-order chi connectivity index (χ1) is 10.1. The van der Waals surface area contributed by atoms with Crippen LogP contribution in [0.15, 0.2) is 39.6 Å². The van der Waals surface area contributed by atoms with Crippen molar-refractivity contribution in [1.29, 1.82) is 0 Å². The molecule has 1 unspecified atom stereocenters. The summed E-state index contributed by atoms with van der Waals surface area (Å²) < 4.78 is 16.4. The molecule has 3 rings (SSSR count). The van der Waals surface area contributed by atoms with E-state index in [9.17, 15) is 9.18 Å². The second-order valence-electron chi connectivity index (χ2n) is 5.39. The molecule has 0 bridgehead atoms. The summed E-state index contributed by atoms with van der Waals surface area (Å²) in [5.41, 5.74) is 8.46. The van der Waals surface area contributed by atoms with Gasteiger partial charge in [-0.15, -0.1) is 0 Å². The van der Waals surface area contributed by atoms with Crippen molar-refractivity contribution in [2.24, 2.45) is 5.73 Å². The van der Waals surface area contributed by atoms with Crippen LogP contribution in [0.2, 0.25) is 0 Å². The largest absolute Gasteiger partial charge is 0.324 e. The highest BCUT2D eigenvalue weighted by Crippen LogP contribution is 2.27. The monoisotopic (exact) mass is 350 g/mol. The maximum atomic E-state index is 13.9. The van der Waals surface area contributed by atoms with Crippen LogP contribution >= 0.6 is 15.9 Å². The smallest absolute Gasteiger partial charge is 0.251 e. The Morgan fingerprint density at radius 2 is 2.14 bits per heavy atom. The highest BCUT2D eigenvalue weighted by Gasteiger charge is 2.20. The minimum Gasteiger partial charge on any atom is -0.324 e. The van der Waals surface area contributed by atoms with Gasteiger partial charge in [0, 0.05) is 27.8 Å². The minimum atomic E-state index is -0.303. The van der Waals surface area contributed by atoms with Gasteiger partial charge in [0.05, 0.1) is 6.54 Å². The van der Waals surface area contributed by atoms with E-state index in [2.05, 4.69) is 15.9 Å². The summed E-state index contributed by atoms with van der Waals surface area (Å²) in [5.74, 6) is -0.303. The molecule has 2 aromatic rings. The van der Waals surface area contributed by atoms with Crippen molar-refractivity contribution >= 4 is 15.9 Å². The number of rotatable bonds is 2. The molecule has 1 aromatic carbocycles. The van der Waals surface area contributed by atoms with Crippen molar-refractivity contribution in [2.75, 3.05) is 0 Å². The maximum Gasteiger partial charge on any atom is 0.251 e. The van der Waals surface area contributed by atoms with Crippen LogP contribution in [0.4, 0.5) is 4.39 Å². The van der Waals surface area contributed by atoms with E-state index in [0.29, 0.717) is 5.56 Å². The molecule has 110 valence electrons. The molecule has 0 amide bonds. The number of halogens is 2. The van der Waals surface area contributed by atoms with E-state index in [-0.39, 0.29) is 24.0 Å². The summed E-state index contributed by atoms with van der Waals surface area (Å²) in [5, 5.41) is 0. The van der Waals surface area contributed by atoms with Crippen LogP contribution in [0.5, 0.6) is 0 Å². The number of pyridine rings is 1. The van der Waals surface area contributed by atoms with Gasteiger partial charge in [0.1, 0.15) is 5.82 Å². The van der Waals surface area contributed by atoms with Gasteiger partial charge in [-0.1, -0.05) is 22.0 Å². The third kappa shape index (κ3) is 2.80. The lowest BCUT2D eigenvalue weighted by molar-refractivity contribution is 0.523. The fourth-order valence-corrected chi connectivity index (χ4v) is 3.31. The Morgan fingerprint density at radius 1 is 1.33 bits per heavy atom. The summed E-state index contributed by atoms with van der Waals surface area (Å²) in [6.45, 7) is 0.236. The van der Waals surface area contributed by atoms with Crippen LogP contribution < -0.4 is 11.3 Å². The molecule has 1 aliphatic carbocycles. The van der Waals surface area contributed by atoms with Crippen LogP contribution in [0.25, 0.3) is 0 Å². The quantitative estimate of drug-likeness (QED) is 0.904. The van der Waals surface area contributed by atoms with Crippen molar-refractivity contribution in [3.05, 3.63) is 67.8 Å². The van der Waals surface area contributed by atoms with E-state index in [1.54, 1.807) is 16.7 Å². The van der Waals surface area contributed by atoms with Crippen molar-refractivity contribution in [3.63, 3.8) is 0 Å². The molecule has 21 heavy (non-hydrogen) atoms. The van der Waals surface area contributed by atoms with Crippen molar-refractivity contribution in [1.82, 2.24) is 4.57 Å². The first-order valence-electron chi connectivity index (χ1n) is 6.98. The molecule has 5 heteroatoms. The molecule has 1 atom stereocenters. The first-order valence-corrected chi connectivity index (χ1v) is 7.77. The third-order valence-corrected chi connectivity index (χ3v) is 4.49. The number of benzene rings is 1. The fourth-order valence-electron chi connectivity index (χ4n) is 2.91. The Bertz CT molecular complexity index is 742. The summed E-state index contributed by atoms with van der Waals surface area (Å²) in [6.07, 6.45) is 2.70. The Balaban J connectivity index is 2.08. The molecule has 1 aliphatic rings. The van der Waals surface area contributed by atoms with Crippen molar-refractivity contribution < 1.29 is 4.39 Å². The molecule has 3 nitrogen and oxygen atoms in total. The Labute approximate surface area is 130 Å². The van der Waals surface area contributed by atoms with Crippen LogP contribution in [0.3, 0.4) is 0 Å². The SMILES string of the molecule is NC1CCCc2c1ccc(=O)n2Cc1cc(Br)ccc1F. The predicted octanol–water partition coefficient (Wildman–Crippen LogP) is 3.13. The predicted molar refractivity (Wildman–Crippen MR) is 83.8 cm³/mol. The molecule has 0 saturated carbocycles. The van der Waals surface area contributed by atoms with Gasteiger partial charge >= 0.3 is 0 Å². The van der Waals surface area contributed by atoms with Gasteiger partial charge in [0.25, 0.3) is 5.56 Å². The van der Waals surface area contributed by atoms with Gasteiger partial charge in [-0.25, -0.2) is 4.39 Å². The van der Waals surface area contributed by atoms with Crippen LogP contribution in [-0.2, 0) is 13.0 Å². The van der Waals surface area contributed by atoms with E-state index in [0.717, 1.165) is 35.0 Å². The molecule has 0 spiro atoms. The molecule has 0 radical (unpaired) electrons. The van der Waals surface area contributed by atoms with Crippen LogP contribution in [0.1, 0.15) is 35.7 Å². The van der Waals surface area contributed by atoms with Gasteiger partial charge in [-0.2, -0.15) is 0 Å². The van der Waals surface area contributed by atoms with Gasteiger partial charge in [-0.3, -0.25) is 4.79 Å². The second kappa shape index (κ2) is 5.73. The van der Waals surface area contributed by atoms with Crippen LogP contribution in [0, 0.1) is 5.82 Å². The Kier molecular flexibility index (Phi) is 3.95. The number of fused-ring (bicyclic) bond motifs is 1. The molecule has 0 aliphatic heterocycles. The molecule has 0 saturated heterocycles. The Morgan fingerprint density at radius 3 is 2.95 bits per heavy atom. The normalized spacial score (nSPS) is 17.6. The lowest BCUT2D eigenvalue weighted by Crippen LogP contribution is -2.29. The highest BCUT2D eigenvalue weighted by molar-refractivity contribution is 9.10. The molecular weight excluding hydrogens is 335 g/mol. The van der Waals surface area contributed by atoms with Crippen LogP contribution in [-0.4, -0.2) is 4.57 Å². The van der Waals surface area contributed by atoms with E-state index < -0.39 is 0 Å². The van der Waals surface area contributed by atoms with Crippen molar-refractivity contribution in [2.45, 2.75) is 31.8 Å². The summed E-state index contributed by atoms with van der Waals surface area (Å²) >= 11 is 3.34. The number of hydrogen-bond donors (Lipinski definition) is 1. The second-order valence-corrected chi connectivity index (χ2v) is 6.31. The zero-order valence-corrected chi connectivity index (χ0v) is 13.1. The number of hydrogen-bond acceptors (Lipinski definition) is 2.